The van der Waals surface area contributed by atoms with Crippen LogP contribution >= 0.6 is 0 Å². The molecule has 2 aromatic rings. The van der Waals surface area contributed by atoms with E-state index in [4.69, 9.17) is 4.74 Å². The molecule has 24 heavy (non-hydrogen) atoms. The maximum atomic E-state index is 13.6. The molecule has 1 saturated carbocycles. The van der Waals surface area contributed by atoms with E-state index in [1.54, 1.807) is 12.5 Å². The summed E-state index contributed by atoms with van der Waals surface area (Å²) in [7, 11) is -3.29. The van der Waals surface area contributed by atoms with E-state index in [2.05, 4.69) is 9.97 Å². The molecule has 0 spiro atoms. The van der Waals surface area contributed by atoms with Crippen LogP contribution < -0.4 is 4.74 Å². The molecule has 2 aliphatic rings. The van der Waals surface area contributed by atoms with Crippen LogP contribution in [0.2, 0.25) is 0 Å². The summed E-state index contributed by atoms with van der Waals surface area (Å²) in [4.78, 5) is 7.96. The second-order valence-corrected chi connectivity index (χ2v) is 8.30. The average Bonchev–Trinajstić information content (AvgIpc) is 3.32. The van der Waals surface area contributed by atoms with Crippen molar-refractivity contribution >= 4 is 10.0 Å². The molecule has 2 aromatic heterocycles. The van der Waals surface area contributed by atoms with Crippen molar-refractivity contribution < 1.29 is 17.5 Å². The first kappa shape index (κ1) is 15.5. The van der Waals surface area contributed by atoms with E-state index in [0.717, 1.165) is 18.5 Å². The van der Waals surface area contributed by atoms with Gasteiger partial charge in [-0.2, -0.15) is 4.31 Å². The molecule has 1 aliphatic carbocycles. The highest BCUT2D eigenvalue weighted by Crippen LogP contribution is 2.34. The highest BCUT2D eigenvalue weighted by atomic mass is 32.2. The molecule has 128 valence electrons. The maximum absolute atomic E-state index is 13.6. The Balaban J connectivity index is 1.55. The van der Waals surface area contributed by atoms with Gasteiger partial charge in [0.25, 0.3) is 0 Å². The van der Waals surface area contributed by atoms with Crippen LogP contribution in [0.5, 0.6) is 5.88 Å². The molecule has 1 atom stereocenters. The largest absolute Gasteiger partial charge is 0.473 e. The Kier molecular flexibility index (Phi) is 3.76. The summed E-state index contributed by atoms with van der Waals surface area (Å²) < 4.78 is 47.6. The van der Waals surface area contributed by atoms with Gasteiger partial charge in [-0.15, -0.1) is 0 Å². The molecule has 7 nitrogen and oxygen atoms in total. The summed E-state index contributed by atoms with van der Waals surface area (Å²) in [5, 5.41) is -0.262. The fourth-order valence-electron chi connectivity index (χ4n) is 2.91. The van der Waals surface area contributed by atoms with Crippen LogP contribution in [0.3, 0.4) is 0 Å². The minimum Gasteiger partial charge on any atom is -0.473 e. The number of hydrogen-bond donors (Lipinski definition) is 0. The zero-order valence-corrected chi connectivity index (χ0v) is 13.7. The van der Waals surface area contributed by atoms with E-state index in [0.29, 0.717) is 6.54 Å². The Hall–Kier alpha value is -2.00. The number of hydrogen-bond acceptors (Lipinski definition) is 5. The van der Waals surface area contributed by atoms with Gasteiger partial charge in [-0.3, -0.25) is 0 Å². The first-order valence-electron chi connectivity index (χ1n) is 7.78. The fourth-order valence-corrected chi connectivity index (χ4v) is 4.75. The van der Waals surface area contributed by atoms with Gasteiger partial charge in [0.1, 0.15) is 6.61 Å². The molecule has 4 rings (SSSR count). The lowest BCUT2D eigenvalue weighted by Crippen LogP contribution is -2.43. The number of nitrogens with zero attached hydrogens (tertiary/aromatic N) is 4. The van der Waals surface area contributed by atoms with Gasteiger partial charge in [0, 0.05) is 18.9 Å². The highest BCUT2D eigenvalue weighted by molar-refractivity contribution is 7.90. The number of imidazole rings is 1. The molecule has 1 fully saturated rings. The molecule has 0 unspecified atom stereocenters. The van der Waals surface area contributed by atoms with Crippen molar-refractivity contribution in [3.8, 4) is 5.88 Å². The van der Waals surface area contributed by atoms with Gasteiger partial charge >= 0.3 is 0 Å². The van der Waals surface area contributed by atoms with Crippen molar-refractivity contribution in [2.75, 3.05) is 13.2 Å². The van der Waals surface area contributed by atoms with Crippen LogP contribution in [0.15, 0.2) is 30.9 Å². The molecule has 0 N–H and O–H groups in total. The van der Waals surface area contributed by atoms with Gasteiger partial charge < -0.3 is 9.30 Å². The molecule has 0 aromatic carbocycles. The van der Waals surface area contributed by atoms with E-state index in [1.807, 2.05) is 4.57 Å². The predicted octanol–water partition coefficient (Wildman–Crippen LogP) is 1.35. The minimum atomic E-state index is -3.29. The summed E-state index contributed by atoms with van der Waals surface area (Å²) in [6, 6.07) is 2.49. The number of aromatic nitrogens is 3. The van der Waals surface area contributed by atoms with Crippen molar-refractivity contribution in [1.82, 2.24) is 18.8 Å². The molecule has 0 saturated heterocycles. The molecular weight excluding hydrogens is 335 g/mol. The number of rotatable bonds is 5. The van der Waals surface area contributed by atoms with Gasteiger partial charge in [-0.1, -0.05) is 0 Å². The van der Waals surface area contributed by atoms with Gasteiger partial charge in [-0.05, 0) is 25.0 Å². The van der Waals surface area contributed by atoms with Gasteiger partial charge in [0.05, 0.1) is 29.9 Å². The van der Waals surface area contributed by atoms with Crippen molar-refractivity contribution in [2.24, 2.45) is 0 Å². The van der Waals surface area contributed by atoms with Crippen LogP contribution in [0.25, 0.3) is 0 Å². The number of halogens is 1. The molecule has 9 heteroatoms. The average molecular weight is 352 g/mol. The summed E-state index contributed by atoms with van der Waals surface area (Å²) in [5.74, 6) is -0.622. The van der Waals surface area contributed by atoms with E-state index in [1.165, 1.54) is 22.6 Å². The SMILES string of the molecule is O=S(=O)(C1CC1)N1Cc2cncn2[C@@H](COc2ncccc2F)C1. The van der Waals surface area contributed by atoms with Crippen LogP contribution in [0.1, 0.15) is 24.6 Å². The monoisotopic (exact) mass is 352 g/mol. The predicted molar refractivity (Wildman–Crippen MR) is 83.3 cm³/mol. The number of fused-ring (bicyclic) bond motifs is 1. The van der Waals surface area contributed by atoms with E-state index < -0.39 is 15.8 Å². The Morgan fingerprint density at radius 2 is 2.21 bits per heavy atom. The number of pyridine rings is 1. The van der Waals surface area contributed by atoms with E-state index >= 15 is 0 Å². The Labute approximate surface area is 139 Å². The molecular formula is C15H17FN4O3S. The lowest BCUT2D eigenvalue weighted by atomic mass is 10.2. The first-order chi connectivity index (χ1) is 11.6. The lowest BCUT2D eigenvalue weighted by molar-refractivity contribution is 0.184. The summed E-state index contributed by atoms with van der Waals surface area (Å²) >= 11 is 0. The summed E-state index contributed by atoms with van der Waals surface area (Å²) in [6.07, 6.45) is 6.20. The quantitative estimate of drug-likeness (QED) is 0.812. The fraction of sp³-hybridized carbons (Fsp3) is 0.467. The molecule has 3 heterocycles. The molecule has 0 radical (unpaired) electrons. The third-order valence-electron chi connectivity index (χ3n) is 4.34. The number of ether oxygens (including phenoxy) is 1. The lowest BCUT2D eigenvalue weighted by Gasteiger charge is -2.33. The first-order valence-corrected chi connectivity index (χ1v) is 9.29. The zero-order valence-electron chi connectivity index (χ0n) is 12.9. The molecule has 0 bridgehead atoms. The summed E-state index contributed by atoms with van der Waals surface area (Å²) in [6.45, 7) is 0.720. The van der Waals surface area contributed by atoms with Crippen LogP contribution in [0, 0.1) is 5.82 Å². The van der Waals surface area contributed by atoms with Crippen molar-refractivity contribution in [2.45, 2.75) is 30.7 Å². The topological polar surface area (TPSA) is 77.3 Å². The van der Waals surface area contributed by atoms with Gasteiger partial charge in [-0.25, -0.2) is 22.8 Å². The Bertz CT molecular complexity index is 850. The molecule has 1 aliphatic heterocycles. The normalized spacial score (nSPS) is 21.5. The van der Waals surface area contributed by atoms with Crippen molar-refractivity contribution in [3.63, 3.8) is 0 Å². The molecule has 0 amide bonds. The third kappa shape index (κ3) is 2.78. The van der Waals surface area contributed by atoms with Gasteiger partial charge in [0.2, 0.25) is 15.9 Å². The van der Waals surface area contributed by atoms with Crippen LogP contribution in [0.4, 0.5) is 4.39 Å². The van der Waals surface area contributed by atoms with Crippen molar-refractivity contribution in [1.29, 1.82) is 0 Å². The summed E-state index contributed by atoms with van der Waals surface area (Å²) in [5.41, 5.74) is 0.806. The number of sulfonamides is 1. The Morgan fingerprint density at radius 1 is 1.38 bits per heavy atom. The van der Waals surface area contributed by atoms with Crippen LogP contribution in [-0.2, 0) is 16.6 Å². The van der Waals surface area contributed by atoms with E-state index in [-0.39, 0.29) is 30.3 Å². The second kappa shape index (κ2) is 5.82. The van der Waals surface area contributed by atoms with Crippen molar-refractivity contribution in [3.05, 3.63) is 42.4 Å². The maximum Gasteiger partial charge on any atom is 0.250 e. The zero-order chi connectivity index (χ0) is 16.7. The second-order valence-electron chi connectivity index (χ2n) is 6.08. The third-order valence-corrected chi connectivity index (χ3v) is 6.65. The smallest absolute Gasteiger partial charge is 0.250 e. The standard InChI is InChI=1S/C15H17FN4O3S/c16-14-2-1-5-18-15(14)23-9-12-8-19(24(21,22)13-3-4-13)7-11-6-17-10-20(11)12/h1-2,5-6,10,12-13H,3-4,7-9H2/t12-/m1/s1. The van der Waals surface area contributed by atoms with Gasteiger partial charge in [0.15, 0.2) is 5.82 Å². The van der Waals surface area contributed by atoms with E-state index in [9.17, 15) is 12.8 Å². The Morgan fingerprint density at radius 3 is 2.96 bits per heavy atom. The highest BCUT2D eigenvalue weighted by Gasteiger charge is 2.42. The minimum absolute atomic E-state index is 0.0821. The van der Waals surface area contributed by atoms with Crippen LogP contribution in [-0.4, -0.2) is 45.7 Å².